The van der Waals surface area contributed by atoms with E-state index in [4.69, 9.17) is 14.7 Å². The molecule has 0 aliphatic carbocycles. The van der Waals surface area contributed by atoms with E-state index in [2.05, 4.69) is 0 Å². The molecule has 9 heteroatoms. The number of phenols is 1. The standard InChI is InChI=1S/C27H29NO7S/c29-25-9-2-1-8-24(25)21-7-3-5-20(19-21)6-4-16-35-22-10-12-23(13-11-22)36(32,33)27(26(30)28-31)14-17-34-18-15-27/h1-3,5,7-13,19,29,31H,4,6,14-18H2,(H,28,30). The summed E-state index contributed by atoms with van der Waals surface area (Å²) < 4.78 is 35.9. The van der Waals surface area contributed by atoms with E-state index in [0.29, 0.717) is 12.4 Å². The van der Waals surface area contributed by atoms with Crippen LogP contribution in [-0.2, 0) is 25.8 Å². The molecule has 1 saturated heterocycles. The third-order valence-corrected chi connectivity index (χ3v) is 9.00. The number of amides is 1. The highest BCUT2D eigenvalue weighted by atomic mass is 32.2. The van der Waals surface area contributed by atoms with Crippen molar-refractivity contribution in [1.82, 2.24) is 5.48 Å². The number of rotatable bonds is 9. The number of nitrogens with one attached hydrogen (secondary N) is 1. The molecule has 1 aliphatic heterocycles. The van der Waals surface area contributed by atoms with Gasteiger partial charge in [0.05, 0.1) is 11.5 Å². The van der Waals surface area contributed by atoms with E-state index in [1.54, 1.807) is 24.3 Å². The van der Waals surface area contributed by atoms with Crippen LogP contribution in [-0.4, -0.2) is 49.2 Å². The minimum absolute atomic E-state index is 0.0127. The van der Waals surface area contributed by atoms with Crippen molar-refractivity contribution in [3.8, 4) is 22.6 Å². The highest BCUT2D eigenvalue weighted by Crippen LogP contribution is 2.36. The summed E-state index contributed by atoms with van der Waals surface area (Å²) in [6.07, 6.45) is 1.44. The fourth-order valence-corrected chi connectivity index (χ4v) is 6.38. The van der Waals surface area contributed by atoms with E-state index in [0.717, 1.165) is 29.5 Å². The first-order chi connectivity index (χ1) is 17.4. The number of para-hydroxylation sites is 1. The van der Waals surface area contributed by atoms with Crippen molar-refractivity contribution in [2.24, 2.45) is 0 Å². The second kappa shape index (κ2) is 11.1. The quantitative estimate of drug-likeness (QED) is 0.226. The molecular weight excluding hydrogens is 482 g/mol. The molecule has 8 nitrogen and oxygen atoms in total. The molecule has 0 spiro atoms. The molecule has 3 N–H and O–H groups in total. The first-order valence-corrected chi connectivity index (χ1v) is 13.2. The summed E-state index contributed by atoms with van der Waals surface area (Å²) in [5.74, 6) is -0.189. The van der Waals surface area contributed by atoms with Gasteiger partial charge in [0.1, 0.15) is 11.5 Å². The number of hydrogen-bond acceptors (Lipinski definition) is 7. The van der Waals surface area contributed by atoms with E-state index in [-0.39, 0.29) is 36.7 Å². The third-order valence-electron chi connectivity index (χ3n) is 6.48. The molecule has 0 bridgehead atoms. The Labute approximate surface area is 210 Å². The summed E-state index contributed by atoms with van der Waals surface area (Å²) in [4.78, 5) is 12.3. The average Bonchev–Trinajstić information content (AvgIpc) is 2.91. The van der Waals surface area contributed by atoms with Crippen LogP contribution < -0.4 is 10.2 Å². The van der Waals surface area contributed by atoms with Gasteiger partial charge in [-0.05, 0) is 67.1 Å². The summed E-state index contributed by atoms with van der Waals surface area (Å²) in [7, 11) is -4.07. The average molecular weight is 512 g/mol. The number of hydroxylamine groups is 1. The molecule has 4 rings (SSSR count). The molecule has 0 atom stereocenters. The van der Waals surface area contributed by atoms with Crippen molar-refractivity contribution in [2.45, 2.75) is 35.3 Å². The topological polar surface area (TPSA) is 122 Å². The number of carbonyl (C=O) groups excluding carboxylic acids is 1. The molecule has 190 valence electrons. The summed E-state index contributed by atoms with van der Waals surface area (Å²) in [5.41, 5.74) is 4.36. The van der Waals surface area contributed by atoms with Crippen molar-refractivity contribution < 1.29 is 33.0 Å². The van der Waals surface area contributed by atoms with Crippen LogP contribution in [0.5, 0.6) is 11.5 Å². The fourth-order valence-electron chi connectivity index (χ4n) is 4.44. The minimum Gasteiger partial charge on any atom is -0.507 e. The molecule has 3 aromatic carbocycles. The van der Waals surface area contributed by atoms with Gasteiger partial charge in [0.2, 0.25) is 0 Å². The Balaban J connectivity index is 1.36. The Morgan fingerprint density at radius 3 is 2.42 bits per heavy atom. The first-order valence-electron chi connectivity index (χ1n) is 11.7. The number of benzene rings is 3. The minimum atomic E-state index is -4.07. The van der Waals surface area contributed by atoms with E-state index in [9.17, 15) is 18.3 Å². The van der Waals surface area contributed by atoms with Crippen molar-refractivity contribution in [3.63, 3.8) is 0 Å². The molecule has 0 radical (unpaired) electrons. The molecule has 1 heterocycles. The van der Waals surface area contributed by atoms with Crippen molar-refractivity contribution in [3.05, 3.63) is 78.4 Å². The maximum atomic E-state index is 13.3. The monoisotopic (exact) mass is 511 g/mol. The Hall–Kier alpha value is -3.40. The highest BCUT2D eigenvalue weighted by molar-refractivity contribution is 7.93. The van der Waals surface area contributed by atoms with Crippen LogP contribution in [0.3, 0.4) is 0 Å². The van der Waals surface area contributed by atoms with Crippen LogP contribution in [0.15, 0.2) is 77.7 Å². The fraction of sp³-hybridized carbons (Fsp3) is 0.296. The predicted octanol–water partition coefficient (Wildman–Crippen LogP) is 3.90. The van der Waals surface area contributed by atoms with Gasteiger partial charge in [-0.15, -0.1) is 0 Å². The van der Waals surface area contributed by atoms with Crippen molar-refractivity contribution in [2.75, 3.05) is 19.8 Å². The zero-order valence-electron chi connectivity index (χ0n) is 19.7. The number of phenolic OH excluding ortho intramolecular Hbond substituents is 1. The Kier molecular flexibility index (Phi) is 7.93. The number of carbonyl (C=O) groups is 1. The van der Waals surface area contributed by atoms with Crippen LogP contribution in [0, 0.1) is 0 Å². The van der Waals surface area contributed by atoms with Gasteiger partial charge in [0.25, 0.3) is 5.91 Å². The molecule has 1 amide bonds. The number of ether oxygens (including phenoxy) is 2. The zero-order valence-corrected chi connectivity index (χ0v) is 20.5. The SMILES string of the molecule is O=C(NO)C1(S(=O)(=O)c2ccc(OCCCc3cccc(-c4ccccc4O)c3)cc2)CCOCC1. The lowest BCUT2D eigenvalue weighted by atomic mass is 9.98. The second-order valence-corrected chi connectivity index (χ2v) is 11.0. The molecule has 0 saturated carbocycles. The summed E-state index contributed by atoms with van der Waals surface area (Å²) >= 11 is 0. The van der Waals surface area contributed by atoms with Gasteiger partial charge >= 0.3 is 0 Å². The van der Waals surface area contributed by atoms with Crippen LogP contribution in [0.4, 0.5) is 0 Å². The lowest BCUT2D eigenvalue weighted by Crippen LogP contribution is -2.54. The summed E-state index contributed by atoms with van der Waals surface area (Å²) in [6.45, 7) is 0.660. The molecule has 0 unspecified atom stereocenters. The van der Waals surface area contributed by atoms with Gasteiger partial charge in [-0.25, -0.2) is 13.9 Å². The van der Waals surface area contributed by atoms with Gasteiger partial charge in [0, 0.05) is 18.8 Å². The number of hydrogen-bond donors (Lipinski definition) is 3. The van der Waals surface area contributed by atoms with Crippen molar-refractivity contribution >= 4 is 15.7 Å². The van der Waals surface area contributed by atoms with Crippen molar-refractivity contribution in [1.29, 1.82) is 0 Å². The lowest BCUT2D eigenvalue weighted by molar-refractivity contribution is -0.134. The van der Waals surface area contributed by atoms with Gasteiger partial charge in [-0.1, -0.05) is 42.5 Å². The van der Waals surface area contributed by atoms with E-state index < -0.39 is 20.5 Å². The van der Waals surface area contributed by atoms with E-state index in [1.807, 2.05) is 36.4 Å². The van der Waals surface area contributed by atoms with Gasteiger partial charge in [0.15, 0.2) is 14.6 Å². The second-order valence-electron chi connectivity index (χ2n) is 8.69. The number of aromatic hydroxyl groups is 1. The normalized spacial score (nSPS) is 15.2. The first kappa shape index (κ1) is 25.7. The maximum absolute atomic E-state index is 13.3. The Morgan fingerprint density at radius 2 is 1.72 bits per heavy atom. The van der Waals surface area contributed by atoms with Crippen LogP contribution in [0.25, 0.3) is 11.1 Å². The zero-order chi connectivity index (χ0) is 25.6. The van der Waals surface area contributed by atoms with Gasteiger partial charge in [-0.3, -0.25) is 10.0 Å². The molecule has 36 heavy (non-hydrogen) atoms. The third kappa shape index (κ3) is 5.23. The molecule has 0 aromatic heterocycles. The predicted molar refractivity (Wildman–Crippen MR) is 134 cm³/mol. The van der Waals surface area contributed by atoms with E-state index in [1.165, 1.54) is 17.6 Å². The molecule has 3 aromatic rings. The van der Waals surface area contributed by atoms with E-state index >= 15 is 0 Å². The smallest absolute Gasteiger partial charge is 0.265 e. The number of aryl methyl sites for hydroxylation is 1. The molecule has 1 fully saturated rings. The summed E-state index contributed by atoms with van der Waals surface area (Å²) in [6, 6.07) is 21.2. The highest BCUT2D eigenvalue weighted by Gasteiger charge is 2.52. The maximum Gasteiger partial charge on any atom is 0.265 e. The molecular formula is C27H29NO7S. The largest absolute Gasteiger partial charge is 0.507 e. The van der Waals surface area contributed by atoms with Crippen LogP contribution >= 0.6 is 0 Å². The van der Waals surface area contributed by atoms with Gasteiger partial charge < -0.3 is 14.6 Å². The molecule has 1 aliphatic rings. The van der Waals surface area contributed by atoms with Gasteiger partial charge in [-0.2, -0.15) is 0 Å². The lowest BCUT2D eigenvalue weighted by Gasteiger charge is -2.34. The summed E-state index contributed by atoms with van der Waals surface area (Å²) in [5, 5.41) is 19.3. The number of sulfone groups is 1. The Morgan fingerprint density at radius 1 is 1.00 bits per heavy atom. The Bertz CT molecular complexity index is 1300. The van der Waals surface area contributed by atoms with Crippen LogP contribution in [0.2, 0.25) is 0 Å². The van der Waals surface area contributed by atoms with Crippen LogP contribution in [0.1, 0.15) is 24.8 Å².